The largest absolute Gasteiger partial charge is 0.353 e. The van der Waals surface area contributed by atoms with Gasteiger partial charge in [0.15, 0.2) is 0 Å². The van der Waals surface area contributed by atoms with E-state index in [-0.39, 0.29) is 11.9 Å². The van der Waals surface area contributed by atoms with Crippen molar-refractivity contribution in [1.29, 1.82) is 0 Å². The number of hydrogen-bond donors (Lipinski definition) is 2. The van der Waals surface area contributed by atoms with Crippen molar-refractivity contribution < 1.29 is 4.79 Å². The molecule has 1 aromatic carbocycles. The predicted molar refractivity (Wildman–Crippen MR) is 75.6 cm³/mol. The summed E-state index contributed by atoms with van der Waals surface area (Å²) >= 11 is 0. The van der Waals surface area contributed by atoms with Crippen LogP contribution in [0.4, 0.5) is 0 Å². The Morgan fingerprint density at radius 2 is 2.06 bits per heavy atom. The number of amides is 1. The molecule has 0 aliphatic carbocycles. The zero-order valence-corrected chi connectivity index (χ0v) is 11.6. The summed E-state index contributed by atoms with van der Waals surface area (Å²) in [6.45, 7) is 5.05. The van der Waals surface area contributed by atoms with Gasteiger partial charge in [-0.05, 0) is 51.4 Å². The second kappa shape index (κ2) is 7.88. The smallest absolute Gasteiger partial charge is 0.220 e. The highest BCUT2D eigenvalue weighted by Crippen LogP contribution is 2.09. The van der Waals surface area contributed by atoms with Gasteiger partial charge in [0.05, 0.1) is 0 Å². The fourth-order valence-electron chi connectivity index (χ4n) is 1.99. The van der Waals surface area contributed by atoms with Crippen molar-refractivity contribution in [3.05, 3.63) is 35.4 Å². The molecule has 0 fully saturated rings. The Labute approximate surface area is 110 Å². The molecule has 3 nitrogen and oxygen atoms in total. The van der Waals surface area contributed by atoms with E-state index in [1.54, 1.807) is 0 Å². The fraction of sp³-hybridized carbons (Fsp3) is 0.533. The van der Waals surface area contributed by atoms with Crippen LogP contribution in [0.1, 0.15) is 30.9 Å². The summed E-state index contributed by atoms with van der Waals surface area (Å²) in [6.07, 6.45) is 2.38. The second-order valence-corrected chi connectivity index (χ2v) is 4.81. The minimum Gasteiger partial charge on any atom is -0.353 e. The maximum Gasteiger partial charge on any atom is 0.220 e. The molecule has 100 valence electrons. The van der Waals surface area contributed by atoms with Gasteiger partial charge < -0.3 is 10.6 Å². The van der Waals surface area contributed by atoms with Crippen LogP contribution in [0, 0.1) is 6.92 Å². The zero-order chi connectivity index (χ0) is 13.4. The summed E-state index contributed by atoms with van der Waals surface area (Å²) < 4.78 is 0. The van der Waals surface area contributed by atoms with E-state index in [9.17, 15) is 4.79 Å². The molecular weight excluding hydrogens is 224 g/mol. The Morgan fingerprint density at radius 3 is 2.72 bits per heavy atom. The van der Waals surface area contributed by atoms with Crippen LogP contribution >= 0.6 is 0 Å². The molecular formula is C15H24N2O. The number of rotatable bonds is 7. The van der Waals surface area contributed by atoms with E-state index in [0.29, 0.717) is 6.42 Å². The first kappa shape index (κ1) is 14.7. The summed E-state index contributed by atoms with van der Waals surface area (Å²) in [7, 11) is 1.90. The molecule has 0 aliphatic heterocycles. The topological polar surface area (TPSA) is 41.1 Å². The number of carbonyl (C=O) groups is 1. The average Bonchev–Trinajstić information content (AvgIpc) is 2.32. The molecule has 1 rings (SSSR count). The van der Waals surface area contributed by atoms with Crippen LogP contribution in [0.25, 0.3) is 0 Å². The minimum absolute atomic E-state index is 0.145. The predicted octanol–water partition coefficient (Wildman–Crippen LogP) is 2.04. The van der Waals surface area contributed by atoms with Gasteiger partial charge in [0, 0.05) is 12.5 Å². The van der Waals surface area contributed by atoms with Gasteiger partial charge in [-0.2, -0.15) is 0 Å². The zero-order valence-electron chi connectivity index (χ0n) is 11.6. The third-order valence-corrected chi connectivity index (χ3v) is 3.03. The van der Waals surface area contributed by atoms with Crippen LogP contribution in [0.2, 0.25) is 0 Å². The van der Waals surface area contributed by atoms with Crippen LogP contribution in [0.3, 0.4) is 0 Å². The van der Waals surface area contributed by atoms with Gasteiger partial charge in [-0.25, -0.2) is 0 Å². The Kier molecular flexibility index (Phi) is 6.44. The molecule has 2 N–H and O–H groups in total. The summed E-state index contributed by atoms with van der Waals surface area (Å²) in [5.74, 6) is 0.145. The normalized spacial score (nSPS) is 12.2. The van der Waals surface area contributed by atoms with Gasteiger partial charge in [-0.15, -0.1) is 0 Å². The van der Waals surface area contributed by atoms with Gasteiger partial charge >= 0.3 is 0 Å². The quantitative estimate of drug-likeness (QED) is 0.725. The Hall–Kier alpha value is -1.35. The van der Waals surface area contributed by atoms with Gasteiger partial charge in [0.1, 0.15) is 0 Å². The van der Waals surface area contributed by atoms with Crippen LogP contribution in [-0.2, 0) is 11.2 Å². The maximum atomic E-state index is 11.7. The van der Waals surface area contributed by atoms with Crippen LogP contribution in [0.15, 0.2) is 24.3 Å². The molecule has 0 bridgehead atoms. The monoisotopic (exact) mass is 248 g/mol. The molecule has 0 aliphatic rings. The van der Waals surface area contributed by atoms with E-state index in [2.05, 4.69) is 36.6 Å². The van der Waals surface area contributed by atoms with E-state index in [4.69, 9.17) is 0 Å². The minimum atomic E-state index is 0.145. The second-order valence-electron chi connectivity index (χ2n) is 4.81. The van der Waals surface area contributed by atoms with Crippen LogP contribution in [0.5, 0.6) is 0 Å². The van der Waals surface area contributed by atoms with E-state index in [1.807, 2.05) is 19.2 Å². The summed E-state index contributed by atoms with van der Waals surface area (Å²) in [5.41, 5.74) is 2.59. The maximum absolute atomic E-state index is 11.7. The third-order valence-electron chi connectivity index (χ3n) is 3.03. The van der Waals surface area contributed by atoms with Gasteiger partial charge in [0.2, 0.25) is 5.91 Å². The number of hydrogen-bond acceptors (Lipinski definition) is 2. The molecule has 1 unspecified atom stereocenters. The fourth-order valence-corrected chi connectivity index (χ4v) is 1.99. The van der Waals surface area contributed by atoms with Crippen molar-refractivity contribution in [1.82, 2.24) is 10.6 Å². The third kappa shape index (κ3) is 5.32. The van der Waals surface area contributed by atoms with E-state index in [0.717, 1.165) is 19.4 Å². The number of nitrogens with one attached hydrogen (secondary N) is 2. The van der Waals surface area contributed by atoms with Gasteiger partial charge in [0.25, 0.3) is 0 Å². The Balaban J connectivity index is 2.35. The lowest BCUT2D eigenvalue weighted by Gasteiger charge is -2.15. The number of carbonyl (C=O) groups excluding carboxylic acids is 1. The van der Waals surface area contributed by atoms with E-state index in [1.165, 1.54) is 11.1 Å². The van der Waals surface area contributed by atoms with Crippen molar-refractivity contribution >= 4 is 5.91 Å². The highest BCUT2D eigenvalue weighted by atomic mass is 16.1. The summed E-state index contributed by atoms with van der Waals surface area (Å²) in [5, 5.41) is 6.09. The van der Waals surface area contributed by atoms with Crippen molar-refractivity contribution in [2.45, 2.75) is 39.2 Å². The Morgan fingerprint density at radius 1 is 1.33 bits per heavy atom. The first-order valence-electron chi connectivity index (χ1n) is 6.62. The van der Waals surface area contributed by atoms with E-state index >= 15 is 0 Å². The highest BCUT2D eigenvalue weighted by Gasteiger charge is 2.08. The van der Waals surface area contributed by atoms with E-state index < -0.39 is 0 Å². The molecule has 0 saturated carbocycles. The first-order valence-corrected chi connectivity index (χ1v) is 6.62. The Bertz CT molecular complexity index is 377. The lowest BCUT2D eigenvalue weighted by Crippen LogP contribution is -2.34. The highest BCUT2D eigenvalue weighted by molar-refractivity contribution is 5.76. The molecule has 0 spiro atoms. The lowest BCUT2D eigenvalue weighted by atomic mass is 10.0. The van der Waals surface area contributed by atoms with Crippen molar-refractivity contribution in [2.75, 3.05) is 13.6 Å². The molecule has 0 radical (unpaired) electrons. The number of aryl methyl sites for hydroxylation is 1. The van der Waals surface area contributed by atoms with Crippen LogP contribution < -0.4 is 10.6 Å². The SMILES string of the molecule is CNCCCC(=O)NC(C)Cc1ccccc1C. The lowest BCUT2D eigenvalue weighted by molar-refractivity contribution is -0.121. The standard InChI is InChI=1S/C15H24N2O/c1-12-7-4-5-8-14(12)11-13(2)17-15(18)9-6-10-16-3/h4-5,7-8,13,16H,6,9-11H2,1-3H3,(H,17,18). The summed E-state index contributed by atoms with van der Waals surface area (Å²) in [6, 6.07) is 8.51. The molecule has 0 saturated heterocycles. The van der Waals surface area contributed by atoms with Gasteiger partial charge in [-0.1, -0.05) is 24.3 Å². The first-order chi connectivity index (χ1) is 8.63. The molecule has 3 heteroatoms. The summed E-state index contributed by atoms with van der Waals surface area (Å²) in [4.78, 5) is 11.7. The molecule has 18 heavy (non-hydrogen) atoms. The molecule has 1 amide bonds. The molecule has 0 aromatic heterocycles. The number of benzene rings is 1. The molecule has 0 heterocycles. The van der Waals surface area contributed by atoms with Crippen LogP contribution in [-0.4, -0.2) is 25.5 Å². The van der Waals surface area contributed by atoms with Crippen molar-refractivity contribution in [3.63, 3.8) is 0 Å². The average molecular weight is 248 g/mol. The van der Waals surface area contributed by atoms with Crippen molar-refractivity contribution in [2.24, 2.45) is 0 Å². The molecule has 1 aromatic rings. The van der Waals surface area contributed by atoms with Crippen molar-refractivity contribution in [3.8, 4) is 0 Å². The molecule has 1 atom stereocenters. The van der Waals surface area contributed by atoms with Gasteiger partial charge in [-0.3, -0.25) is 4.79 Å².